The van der Waals surface area contributed by atoms with Crippen LogP contribution in [0.4, 0.5) is 5.69 Å². The monoisotopic (exact) mass is 431 g/mol. The van der Waals surface area contributed by atoms with E-state index in [1.807, 2.05) is 25.1 Å². The lowest BCUT2D eigenvalue weighted by atomic mass is 10.2. The molecule has 3 rings (SSSR count). The summed E-state index contributed by atoms with van der Waals surface area (Å²) in [4.78, 5) is 12.3. The van der Waals surface area contributed by atoms with Crippen molar-refractivity contribution >= 4 is 29.3 Å². The standard InChI is InChI=1S/C23H26ClNO5/c1-3-28-21-13-16(12-20(24)23(21)27-2)9-10-22(26)25-17-6-4-7-18(14-17)30-15-19-8-5-11-29-19/h4,6-7,9-10,12-14,19H,3,5,8,11,15H2,1-2H3,(H,25,26)/b10-9+. The van der Waals surface area contributed by atoms with Crippen LogP contribution in [0.15, 0.2) is 42.5 Å². The van der Waals surface area contributed by atoms with Gasteiger partial charge in [0.1, 0.15) is 12.4 Å². The van der Waals surface area contributed by atoms with Gasteiger partial charge in [0, 0.05) is 24.4 Å². The summed E-state index contributed by atoms with van der Waals surface area (Å²) in [5.41, 5.74) is 1.38. The summed E-state index contributed by atoms with van der Waals surface area (Å²) in [6.07, 6.45) is 5.34. The van der Waals surface area contributed by atoms with Crippen LogP contribution in [0.3, 0.4) is 0 Å². The number of methoxy groups -OCH3 is 1. The van der Waals surface area contributed by atoms with Crippen LogP contribution in [0.5, 0.6) is 17.2 Å². The van der Waals surface area contributed by atoms with Crippen molar-refractivity contribution in [2.45, 2.75) is 25.9 Å². The highest BCUT2D eigenvalue weighted by Gasteiger charge is 2.16. The van der Waals surface area contributed by atoms with E-state index >= 15 is 0 Å². The predicted octanol–water partition coefficient (Wildman–Crippen LogP) is 4.96. The minimum absolute atomic E-state index is 0.143. The Morgan fingerprint density at radius 1 is 1.30 bits per heavy atom. The number of benzene rings is 2. The first kappa shape index (κ1) is 22.0. The molecular weight excluding hydrogens is 406 g/mol. The lowest BCUT2D eigenvalue weighted by Crippen LogP contribution is -2.16. The van der Waals surface area contributed by atoms with Crippen LogP contribution in [-0.2, 0) is 9.53 Å². The fourth-order valence-electron chi connectivity index (χ4n) is 3.13. The van der Waals surface area contributed by atoms with Crippen molar-refractivity contribution in [3.63, 3.8) is 0 Å². The summed E-state index contributed by atoms with van der Waals surface area (Å²) in [5, 5.41) is 3.25. The summed E-state index contributed by atoms with van der Waals surface area (Å²) in [7, 11) is 1.53. The molecular formula is C23H26ClNO5. The van der Waals surface area contributed by atoms with Crippen molar-refractivity contribution in [3.05, 3.63) is 53.1 Å². The average Bonchev–Trinajstić information content (AvgIpc) is 3.25. The third kappa shape index (κ3) is 6.15. The van der Waals surface area contributed by atoms with Crippen LogP contribution >= 0.6 is 11.6 Å². The Hall–Kier alpha value is -2.70. The fraction of sp³-hybridized carbons (Fsp3) is 0.348. The third-order valence-corrected chi connectivity index (χ3v) is 4.81. The first-order valence-electron chi connectivity index (χ1n) is 9.93. The minimum atomic E-state index is -0.267. The molecule has 1 atom stereocenters. The Balaban J connectivity index is 1.61. The van der Waals surface area contributed by atoms with Gasteiger partial charge >= 0.3 is 0 Å². The van der Waals surface area contributed by atoms with Gasteiger partial charge < -0.3 is 24.3 Å². The molecule has 0 bridgehead atoms. The number of rotatable bonds is 9. The smallest absolute Gasteiger partial charge is 0.248 e. The normalized spacial score (nSPS) is 15.9. The molecule has 1 amide bonds. The number of amides is 1. The third-order valence-electron chi connectivity index (χ3n) is 4.52. The van der Waals surface area contributed by atoms with Gasteiger partial charge in [-0.2, -0.15) is 0 Å². The Kier molecular flexibility index (Phi) is 7.99. The molecule has 1 N–H and O–H groups in total. The molecule has 0 saturated carbocycles. The Morgan fingerprint density at radius 2 is 2.17 bits per heavy atom. The van der Waals surface area contributed by atoms with Crippen LogP contribution in [0.2, 0.25) is 5.02 Å². The molecule has 6 nitrogen and oxygen atoms in total. The van der Waals surface area contributed by atoms with Gasteiger partial charge in [-0.3, -0.25) is 4.79 Å². The van der Waals surface area contributed by atoms with Gasteiger partial charge in [0.15, 0.2) is 11.5 Å². The highest BCUT2D eigenvalue weighted by Crippen LogP contribution is 2.36. The maximum Gasteiger partial charge on any atom is 0.248 e. The van der Waals surface area contributed by atoms with E-state index < -0.39 is 0 Å². The number of halogens is 1. The maximum atomic E-state index is 12.3. The van der Waals surface area contributed by atoms with Crippen molar-refractivity contribution in [3.8, 4) is 17.2 Å². The molecule has 2 aromatic carbocycles. The van der Waals surface area contributed by atoms with Gasteiger partial charge in [-0.1, -0.05) is 17.7 Å². The number of nitrogens with one attached hydrogen (secondary N) is 1. The second kappa shape index (κ2) is 10.9. The zero-order valence-electron chi connectivity index (χ0n) is 17.2. The largest absolute Gasteiger partial charge is 0.491 e. The zero-order valence-corrected chi connectivity index (χ0v) is 17.9. The van der Waals surface area contributed by atoms with Crippen molar-refractivity contribution in [2.24, 2.45) is 0 Å². The molecule has 0 aromatic heterocycles. The Morgan fingerprint density at radius 3 is 2.90 bits per heavy atom. The van der Waals surface area contributed by atoms with Crippen molar-refractivity contribution in [1.29, 1.82) is 0 Å². The molecule has 160 valence electrons. The van der Waals surface area contributed by atoms with E-state index in [-0.39, 0.29) is 12.0 Å². The van der Waals surface area contributed by atoms with E-state index in [9.17, 15) is 4.79 Å². The highest BCUT2D eigenvalue weighted by atomic mass is 35.5. The molecule has 1 aliphatic heterocycles. The average molecular weight is 432 g/mol. The second-order valence-electron chi connectivity index (χ2n) is 6.76. The first-order chi connectivity index (χ1) is 14.6. The summed E-state index contributed by atoms with van der Waals surface area (Å²) < 4.78 is 22.2. The van der Waals surface area contributed by atoms with Gasteiger partial charge in [0.2, 0.25) is 5.91 Å². The van der Waals surface area contributed by atoms with E-state index in [0.717, 1.165) is 25.0 Å². The molecule has 1 fully saturated rings. The summed E-state index contributed by atoms with van der Waals surface area (Å²) in [6, 6.07) is 10.8. The number of ether oxygens (including phenoxy) is 4. The van der Waals surface area contributed by atoms with Crippen LogP contribution in [0.1, 0.15) is 25.3 Å². The van der Waals surface area contributed by atoms with E-state index in [4.69, 9.17) is 30.5 Å². The molecule has 0 aliphatic carbocycles. The number of carbonyl (C=O) groups excluding carboxylic acids is 1. The second-order valence-corrected chi connectivity index (χ2v) is 7.17. The van der Waals surface area contributed by atoms with E-state index in [2.05, 4.69) is 5.32 Å². The van der Waals surface area contributed by atoms with Crippen molar-refractivity contribution < 1.29 is 23.7 Å². The van der Waals surface area contributed by atoms with Crippen LogP contribution in [0, 0.1) is 0 Å². The molecule has 1 unspecified atom stereocenters. The molecule has 7 heteroatoms. The molecule has 1 heterocycles. The van der Waals surface area contributed by atoms with Crippen molar-refractivity contribution in [2.75, 3.05) is 32.2 Å². The highest BCUT2D eigenvalue weighted by molar-refractivity contribution is 6.32. The zero-order chi connectivity index (χ0) is 21.3. The fourth-order valence-corrected chi connectivity index (χ4v) is 3.43. The lowest BCUT2D eigenvalue weighted by Gasteiger charge is -2.12. The van der Waals surface area contributed by atoms with Crippen LogP contribution in [0.25, 0.3) is 6.08 Å². The van der Waals surface area contributed by atoms with E-state index in [1.165, 1.54) is 13.2 Å². The molecule has 0 radical (unpaired) electrons. The molecule has 30 heavy (non-hydrogen) atoms. The van der Waals surface area contributed by atoms with Gasteiger partial charge in [-0.25, -0.2) is 0 Å². The maximum absolute atomic E-state index is 12.3. The molecule has 2 aromatic rings. The lowest BCUT2D eigenvalue weighted by molar-refractivity contribution is -0.111. The SMILES string of the molecule is CCOc1cc(/C=C/C(=O)Nc2cccc(OCC3CCCO3)c2)cc(Cl)c1OC. The number of anilines is 1. The molecule has 1 saturated heterocycles. The summed E-state index contributed by atoms with van der Waals surface area (Å²) in [5.74, 6) is 1.43. The van der Waals surface area contributed by atoms with Gasteiger partial charge in [-0.05, 0) is 55.7 Å². The number of hydrogen-bond acceptors (Lipinski definition) is 5. The first-order valence-corrected chi connectivity index (χ1v) is 10.3. The summed E-state index contributed by atoms with van der Waals surface area (Å²) >= 11 is 6.25. The summed E-state index contributed by atoms with van der Waals surface area (Å²) in [6.45, 7) is 3.66. The van der Waals surface area contributed by atoms with Gasteiger partial charge in [-0.15, -0.1) is 0 Å². The van der Waals surface area contributed by atoms with Gasteiger partial charge in [0.25, 0.3) is 0 Å². The quantitative estimate of drug-likeness (QED) is 0.568. The van der Waals surface area contributed by atoms with Gasteiger partial charge in [0.05, 0.1) is 24.8 Å². The predicted molar refractivity (Wildman–Crippen MR) is 118 cm³/mol. The number of hydrogen-bond donors (Lipinski definition) is 1. The van der Waals surface area contributed by atoms with Crippen molar-refractivity contribution in [1.82, 2.24) is 0 Å². The molecule has 1 aliphatic rings. The van der Waals surface area contributed by atoms with Crippen LogP contribution < -0.4 is 19.5 Å². The minimum Gasteiger partial charge on any atom is -0.491 e. The number of carbonyl (C=O) groups is 1. The van der Waals surface area contributed by atoms with E-state index in [0.29, 0.717) is 41.2 Å². The Labute approximate surface area is 181 Å². The topological polar surface area (TPSA) is 66.0 Å². The molecule has 0 spiro atoms. The van der Waals surface area contributed by atoms with E-state index in [1.54, 1.807) is 24.3 Å². The Bertz CT molecular complexity index is 893. The van der Waals surface area contributed by atoms with Crippen LogP contribution in [-0.4, -0.2) is 38.9 Å².